The van der Waals surface area contributed by atoms with Gasteiger partial charge in [0, 0.05) is 25.8 Å². The van der Waals surface area contributed by atoms with E-state index in [2.05, 4.69) is 9.88 Å². The number of ether oxygens (including phenoxy) is 1. The number of fused-ring (bicyclic) bond motifs is 1. The van der Waals surface area contributed by atoms with Crippen LogP contribution in [0.1, 0.15) is 63.0 Å². The molecule has 1 fully saturated rings. The highest BCUT2D eigenvalue weighted by Gasteiger charge is 2.36. The fourth-order valence-corrected chi connectivity index (χ4v) is 5.93. The second kappa shape index (κ2) is 12.0. The van der Waals surface area contributed by atoms with Crippen LogP contribution in [-0.4, -0.2) is 54.4 Å². The summed E-state index contributed by atoms with van der Waals surface area (Å²) in [7, 11) is 1.16. The Kier molecular flexibility index (Phi) is 8.45. The fourth-order valence-electron chi connectivity index (χ4n) is 5.93. The van der Waals surface area contributed by atoms with E-state index in [1.54, 1.807) is 12.1 Å². The molecule has 1 saturated heterocycles. The zero-order valence-corrected chi connectivity index (χ0v) is 22.8. The number of aryl methyl sites for hydroxylation is 1. The third-order valence-corrected chi connectivity index (χ3v) is 7.90. The Balaban J connectivity index is 1.55. The van der Waals surface area contributed by atoms with Crippen molar-refractivity contribution in [3.63, 3.8) is 0 Å². The van der Waals surface area contributed by atoms with E-state index >= 15 is 0 Å². The highest BCUT2D eigenvalue weighted by atomic mass is 19.4. The van der Waals surface area contributed by atoms with Crippen molar-refractivity contribution in [2.75, 3.05) is 33.4 Å². The highest BCUT2D eigenvalue weighted by molar-refractivity contribution is 6.00. The molecule has 5 rings (SSSR count). The molecule has 1 aliphatic carbocycles. The minimum atomic E-state index is -4.64. The van der Waals surface area contributed by atoms with Crippen LogP contribution in [-0.2, 0) is 19.0 Å². The number of benzene rings is 2. The maximum Gasteiger partial charge on any atom is 0.421 e. The summed E-state index contributed by atoms with van der Waals surface area (Å²) in [5.41, 5.74) is 4.76. The second-order valence-electron chi connectivity index (χ2n) is 10.7. The predicted molar refractivity (Wildman–Crippen MR) is 149 cm³/mol. The summed E-state index contributed by atoms with van der Waals surface area (Å²) < 4.78 is 59.0. The molecular formula is C32H32F4N2O3. The van der Waals surface area contributed by atoms with Gasteiger partial charge >= 0.3 is 12.1 Å². The van der Waals surface area contributed by atoms with Crippen LogP contribution in [0, 0.1) is 5.92 Å². The van der Waals surface area contributed by atoms with Crippen LogP contribution in [0.25, 0.3) is 11.1 Å². The van der Waals surface area contributed by atoms with Gasteiger partial charge in [0.1, 0.15) is 5.56 Å². The van der Waals surface area contributed by atoms with Crippen LogP contribution in [0.5, 0.6) is 5.88 Å². The topological polar surface area (TPSA) is 62.7 Å². The molecule has 41 heavy (non-hydrogen) atoms. The average Bonchev–Trinajstić information content (AvgIpc) is 3.13. The molecule has 2 heterocycles. The number of carboxylic acid groups (broad SMARTS) is 1. The number of alkyl halides is 4. The summed E-state index contributed by atoms with van der Waals surface area (Å²) in [5, 5.41) is 9.55. The van der Waals surface area contributed by atoms with Gasteiger partial charge in [0.15, 0.2) is 0 Å². The number of carboxylic acids is 1. The average molecular weight is 569 g/mol. The lowest BCUT2D eigenvalue weighted by molar-refractivity contribution is -0.139. The molecule has 0 spiro atoms. The number of likely N-dealkylation sites (tertiary alicyclic amines) is 1. The first-order valence-corrected chi connectivity index (χ1v) is 13.8. The highest BCUT2D eigenvalue weighted by Crippen LogP contribution is 2.43. The van der Waals surface area contributed by atoms with E-state index < -0.39 is 23.6 Å². The van der Waals surface area contributed by atoms with E-state index in [1.807, 2.05) is 24.3 Å². The molecule has 0 saturated carbocycles. The van der Waals surface area contributed by atoms with Crippen LogP contribution in [0.3, 0.4) is 0 Å². The quantitative estimate of drug-likeness (QED) is 0.284. The molecule has 1 N–H and O–H groups in total. The number of hydrogen-bond donors (Lipinski definition) is 1. The molecule has 0 amide bonds. The van der Waals surface area contributed by atoms with E-state index in [1.165, 1.54) is 12.3 Å². The van der Waals surface area contributed by atoms with Gasteiger partial charge in [0.25, 0.3) is 0 Å². The third kappa shape index (κ3) is 6.30. The first-order valence-electron chi connectivity index (χ1n) is 13.8. The number of pyridine rings is 1. The van der Waals surface area contributed by atoms with Crippen molar-refractivity contribution in [2.45, 2.75) is 38.3 Å². The molecule has 0 unspecified atom stereocenters. The van der Waals surface area contributed by atoms with Crippen molar-refractivity contribution in [1.29, 1.82) is 0 Å². The van der Waals surface area contributed by atoms with Crippen molar-refractivity contribution in [2.24, 2.45) is 5.92 Å². The Morgan fingerprint density at radius 3 is 2.49 bits per heavy atom. The van der Waals surface area contributed by atoms with Crippen LogP contribution in [0.2, 0.25) is 0 Å². The summed E-state index contributed by atoms with van der Waals surface area (Å²) >= 11 is 0. The van der Waals surface area contributed by atoms with Gasteiger partial charge in [-0.1, -0.05) is 30.3 Å². The largest absolute Gasteiger partial charge is 0.481 e. The number of aromatic nitrogens is 1. The van der Waals surface area contributed by atoms with Crippen molar-refractivity contribution in [3.05, 3.63) is 93.7 Å². The number of hydrogen-bond acceptors (Lipinski definition) is 4. The Hall–Kier alpha value is -3.72. The lowest BCUT2D eigenvalue weighted by Gasteiger charge is -2.39. The summed E-state index contributed by atoms with van der Waals surface area (Å²) in [4.78, 5) is 17.9. The molecule has 216 valence electrons. The van der Waals surface area contributed by atoms with Gasteiger partial charge in [-0.15, -0.1) is 0 Å². The Morgan fingerprint density at radius 2 is 1.83 bits per heavy atom. The van der Waals surface area contributed by atoms with Gasteiger partial charge in [-0.25, -0.2) is 9.78 Å². The lowest BCUT2D eigenvalue weighted by atomic mass is 9.86. The van der Waals surface area contributed by atoms with Gasteiger partial charge in [-0.05, 0) is 95.2 Å². The van der Waals surface area contributed by atoms with Gasteiger partial charge in [-0.2, -0.15) is 13.2 Å². The predicted octanol–water partition coefficient (Wildman–Crippen LogP) is 6.94. The standard InChI is InChI=1S/C32H32F4N2O3/c1-41-30-28(32(34,35)36)16-25(17-37-30)26-5-2-4-23-15-24(31(39)40)10-11-27(23)29(26)22-8-6-20(7-9-22)14-21-18-38(19-21)13-3-12-33/h6-11,15-17,21H,2-5,12-14,18-19H2,1H3,(H,39,40). The van der Waals surface area contributed by atoms with E-state index in [0.29, 0.717) is 37.2 Å². The molecule has 2 aromatic carbocycles. The van der Waals surface area contributed by atoms with Crippen molar-refractivity contribution in [1.82, 2.24) is 9.88 Å². The molecule has 3 aromatic rings. The lowest BCUT2D eigenvalue weighted by Crippen LogP contribution is -2.47. The third-order valence-electron chi connectivity index (χ3n) is 7.90. The SMILES string of the molecule is COc1ncc(C2=C(c3ccc(CC4CN(CCCF)C4)cc3)c3ccc(C(=O)O)cc3CCC2)cc1C(F)(F)F. The van der Waals surface area contributed by atoms with E-state index in [4.69, 9.17) is 4.74 Å². The van der Waals surface area contributed by atoms with E-state index in [9.17, 15) is 27.5 Å². The van der Waals surface area contributed by atoms with Crippen LogP contribution < -0.4 is 4.74 Å². The fraction of sp³-hybridized carbons (Fsp3) is 0.375. The number of methoxy groups -OCH3 is 1. The molecule has 5 nitrogen and oxygen atoms in total. The van der Waals surface area contributed by atoms with Crippen LogP contribution in [0.4, 0.5) is 17.6 Å². The number of aromatic carboxylic acids is 1. The Morgan fingerprint density at radius 1 is 1.07 bits per heavy atom. The van der Waals surface area contributed by atoms with Gasteiger partial charge < -0.3 is 14.7 Å². The maximum absolute atomic E-state index is 13.9. The minimum absolute atomic E-state index is 0.174. The number of carbonyl (C=O) groups is 1. The van der Waals surface area contributed by atoms with Gasteiger partial charge in [-0.3, -0.25) is 4.39 Å². The van der Waals surface area contributed by atoms with Gasteiger partial charge in [0.2, 0.25) is 5.88 Å². The molecular weight excluding hydrogens is 536 g/mol. The Labute approximate surface area is 236 Å². The summed E-state index contributed by atoms with van der Waals surface area (Å²) in [6, 6.07) is 14.1. The molecule has 1 aromatic heterocycles. The zero-order valence-electron chi connectivity index (χ0n) is 22.8. The minimum Gasteiger partial charge on any atom is -0.481 e. The van der Waals surface area contributed by atoms with Crippen molar-refractivity contribution < 1.29 is 32.2 Å². The first-order chi connectivity index (χ1) is 19.7. The van der Waals surface area contributed by atoms with E-state index in [0.717, 1.165) is 72.6 Å². The summed E-state index contributed by atoms with van der Waals surface area (Å²) in [6.45, 7) is 2.37. The number of nitrogens with zero attached hydrogens (tertiary/aromatic N) is 2. The molecule has 9 heteroatoms. The number of allylic oxidation sites excluding steroid dienone is 1. The van der Waals surface area contributed by atoms with Crippen molar-refractivity contribution in [3.8, 4) is 5.88 Å². The summed E-state index contributed by atoms with van der Waals surface area (Å²) in [5.74, 6) is -0.998. The van der Waals surface area contributed by atoms with E-state index in [-0.39, 0.29) is 12.2 Å². The number of rotatable bonds is 9. The molecule has 0 radical (unpaired) electrons. The molecule has 2 aliphatic rings. The molecule has 0 bridgehead atoms. The van der Waals surface area contributed by atoms with Crippen LogP contribution in [0.15, 0.2) is 54.7 Å². The summed E-state index contributed by atoms with van der Waals surface area (Å²) in [6.07, 6.45) is -0.0376. The maximum atomic E-state index is 13.9. The van der Waals surface area contributed by atoms with Gasteiger partial charge in [0.05, 0.1) is 19.3 Å². The normalized spacial score (nSPS) is 16.2. The molecule has 1 aliphatic heterocycles. The first kappa shape index (κ1) is 28.8. The molecule has 0 atom stereocenters. The zero-order chi connectivity index (χ0) is 29.1. The number of halogens is 4. The smallest absolute Gasteiger partial charge is 0.421 e. The second-order valence-corrected chi connectivity index (χ2v) is 10.7. The van der Waals surface area contributed by atoms with Crippen LogP contribution >= 0.6 is 0 Å². The van der Waals surface area contributed by atoms with Crippen molar-refractivity contribution >= 4 is 17.1 Å². The Bertz CT molecular complexity index is 1440. The monoisotopic (exact) mass is 568 g/mol.